The highest BCUT2D eigenvalue weighted by Crippen LogP contribution is 2.37. The van der Waals surface area contributed by atoms with Crippen molar-refractivity contribution in [1.29, 1.82) is 0 Å². The summed E-state index contributed by atoms with van der Waals surface area (Å²) < 4.78 is 12.5. The average Bonchev–Trinajstić information content (AvgIpc) is 3.29. The highest BCUT2D eigenvalue weighted by molar-refractivity contribution is 7.99. The van der Waals surface area contributed by atoms with Gasteiger partial charge in [-0.2, -0.15) is 0 Å². The van der Waals surface area contributed by atoms with Crippen LogP contribution in [0.2, 0.25) is 0 Å². The summed E-state index contributed by atoms with van der Waals surface area (Å²) in [4.78, 5) is 13.0. The molecule has 0 spiro atoms. The van der Waals surface area contributed by atoms with E-state index in [4.69, 9.17) is 14.6 Å². The fourth-order valence-electron chi connectivity index (χ4n) is 3.12. The van der Waals surface area contributed by atoms with Crippen molar-refractivity contribution in [2.24, 2.45) is 0 Å². The van der Waals surface area contributed by atoms with E-state index in [1.807, 2.05) is 48.7 Å². The molecule has 4 aromatic rings. The molecule has 8 heteroatoms. The lowest BCUT2D eigenvalue weighted by molar-refractivity contribution is 0.0697. The Morgan fingerprint density at radius 2 is 1.74 bits per heavy atom. The summed E-state index contributed by atoms with van der Waals surface area (Å²) >= 11 is 1.53. The zero-order valence-corrected chi connectivity index (χ0v) is 17.7. The van der Waals surface area contributed by atoms with Crippen LogP contribution in [0.4, 0.5) is 0 Å². The van der Waals surface area contributed by atoms with Gasteiger partial charge in [-0.15, -0.1) is 5.10 Å². The number of benzene rings is 3. The van der Waals surface area contributed by atoms with E-state index < -0.39 is 5.97 Å². The average molecular weight is 433 g/mol. The predicted octanol–water partition coefficient (Wildman–Crippen LogP) is 4.80. The summed E-state index contributed by atoms with van der Waals surface area (Å²) in [6, 6.07) is 20.2. The summed E-state index contributed by atoms with van der Waals surface area (Å²) in [5, 5.41) is 17.7. The number of carboxylic acid groups (broad SMARTS) is 1. The number of aromatic carboxylic acids is 1. The minimum atomic E-state index is -0.943. The molecule has 0 saturated heterocycles. The summed E-state index contributed by atoms with van der Waals surface area (Å²) in [6.07, 6.45) is 1.84. The first-order valence-electron chi connectivity index (χ1n) is 9.35. The fourth-order valence-corrected chi connectivity index (χ4v) is 4.07. The second-order valence-electron chi connectivity index (χ2n) is 6.49. The Labute approximate surface area is 183 Å². The van der Waals surface area contributed by atoms with Crippen molar-refractivity contribution in [1.82, 2.24) is 15.0 Å². The van der Waals surface area contributed by atoms with Gasteiger partial charge < -0.3 is 14.6 Å². The largest absolute Gasteiger partial charge is 0.493 e. The van der Waals surface area contributed by atoms with Gasteiger partial charge in [-0.25, -0.2) is 9.48 Å². The van der Waals surface area contributed by atoms with Crippen LogP contribution in [0.25, 0.3) is 16.9 Å². The third-order valence-corrected chi connectivity index (χ3v) is 5.70. The van der Waals surface area contributed by atoms with Crippen LogP contribution in [-0.2, 0) is 0 Å². The highest BCUT2D eigenvalue weighted by atomic mass is 32.2. The predicted molar refractivity (Wildman–Crippen MR) is 117 cm³/mol. The third kappa shape index (κ3) is 4.24. The molecule has 0 aliphatic rings. The Morgan fingerprint density at radius 3 is 2.45 bits per heavy atom. The van der Waals surface area contributed by atoms with Crippen molar-refractivity contribution >= 4 is 17.7 Å². The molecule has 0 amide bonds. The lowest BCUT2D eigenvalue weighted by Gasteiger charge is -2.11. The number of para-hydroxylation sites is 1. The molecule has 7 nitrogen and oxygen atoms in total. The van der Waals surface area contributed by atoms with E-state index in [0.717, 1.165) is 21.0 Å². The highest BCUT2D eigenvalue weighted by Gasteiger charge is 2.15. The normalized spacial score (nSPS) is 10.6. The SMILES string of the molecule is COc1cccc(-n2cc(-c3ccccc3Sc3ccc(C(=O)O)cc3)nn2)c1OC. The standard InChI is InChI=1S/C23H19N3O4S/c1-29-20-8-5-7-19(22(20)30-2)26-14-18(24-25-26)17-6-3-4-9-21(17)31-16-12-10-15(11-13-16)23(27)28/h3-14H,1-2H3,(H,27,28). The minimum absolute atomic E-state index is 0.257. The number of nitrogens with zero attached hydrogens (tertiary/aromatic N) is 3. The van der Waals surface area contributed by atoms with Gasteiger partial charge in [0.25, 0.3) is 0 Å². The van der Waals surface area contributed by atoms with Crippen LogP contribution < -0.4 is 9.47 Å². The number of rotatable bonds is 7. The molecular weight excluding hydrogens is 414 g/mol. The molecule has 0 aliphatic carbocycles. The van der Waals surface area contributed by atoms with Crippen LogP contribution in [0, 0.1) is 0 Å². The van der Waals surface area contributed by atoms with E-state index in [1.165, 1.54) is 11.8 Å². The van der Waals surface area contributed by atoms with Crippen LogP contribution in [-0.4, -0.2) is 40.3 Å². The molecule has 0 radical (unpaired) electrons. The molecule has 1 heterocycles. The van der Waals surface area contributed by atoms with Crippen molar-refractivity contribution in [3.8, 4) is 28.4 Å². The monoisotopic (exact) mass is 433 g/mol. The summed E-state index contributed by atoms with van der Waals surface area (Å²) in [6.45, 7) is 0. The molecule has 0 atom stereocenters. The molecule has 156 valence electrons. The van der Waals surface area contributed by atoms with Gasteiger partial charge in [0, 0.05) is 15.4 Å². The topological polar surface area (TPSA) is 86.5 Å². The Bertz CT molecular complexity index is 1220. The van der Waals surface area contributed by atoms with Gasteiger partial charge in [0.05, 0.1) is 26.0 Å². The van der Waals surface area contributed by atoms with E-state index >= 15 is 0 Å². The first kappa shape index (κ1) is 20.5. The van der Waals surface area contributed by atoms with Gasteiger partial charge in [0.1, 0.15) is 11.4 Å². The maximum Gasteiger partial charge on any atom is 0.335 e. The number of hydrogen-bond donors (Lipinski definition) is 1. The molecule has 0 fully saturated rings. The number of methoxy groups -OCH3 is 2. The van der Waals surface area contributed by atoms with Gasteiger partial charge in [-0.1, -0.05) is 41.2 Å². The number of carboxylic acids is 1. The van der Waals surface area contributed by atoms with Crippen LogP contribution in [0.1, 0.15) is 10.4 Å². The maximum absolute atomic E-state index is 11.1. The molecule has 0 unspecified atom stereocenters. The van der Waals surface area contributed by atoms with Gasteiger partial charge in [-0.3, -0.25) is 0 Å². The Kier molecular flexibility index (Phi) is 5.90. The van der Waals surface area contributed by atoms with Gasteiger partial charge >= 0.3 is 5.97 Å². The van der Waals surface area contributed by atoms with E-state index in [2.05, 4.69) is 10.3 Å². The fraction of sp³-hybridized carbons (Fsp3) is 0.0870. The molecule has 0 aliphatic heterocycles. The minimum Gasteiger partial charge on any atom is -0.493 e. The van der Waals surface area contributed by atoms with Gasteiger partial charge in [0.15, 0.2) is 11.5 Å². The molecule has 4 rings (SSSR count). The first-order valence-corrected chi connectivity index (χ1v) is 10.2. The quantitative estimate of drug-likeness (QED) is 0.448. The number of carbonyl (C=O) groups is 1. The first-order chi connectivity index (χ1) is 15.1. The van der Waals surface area contributed by atoms with E-state index in [0.29, 0.717) is 17.2 Å². The van der Waals surface area contributed by atoms with E-state index in [9.17, 15) is 4.79 Å². The van der Waals surface area contributed by atoms with Gasteiger partial charge in [-0.05, 0) is 42.5 Å². The van der Waals surface area contributed by atoms with Crippen molar-refractivity contribution in [2.75, 3.05) is 14.2 Å². The molecule has 0 bridgehead atoms. The zero-order chi connectivity index (χ0) is 21.8. The van der Waals surface area contributed by atoms with Crippen molar-refractivity contribution in [3.05, 3.63) is 78.5 Å². The lowest BCUT2D eigenvalue weighted by atomic mass is 10.2. The van der Waals surface area contributed by atoms with Crippen LogP contribution in [0.15, 0.2) is 82.7 Å². The summed E-state index contributed by atoms with van der Waals surface area (Å²) in [5.74, 6) is 0.238. The molecule has 31 heavy (non-hydrogen) atoms. The van der Waals surface area contributed by atoms with Crippen molar-refractivity contribution < 1.29 is 19.4 Å². The number of hydrogen-bond acceptors (Lipinski definition) is 6. The smallest absolute Gasteiger partial charge is 0.335 e. The molecule has 0 saturated carbocycles. The molecule has 1 N–H and O–H groups in total. The van der Waals surface area contributed by atoms with E-state index in [-0.39, 0.29) is 5.56 Å². The van der Waals surface area contributed by atoms with Crippen LogP contribution in [0.5, 0.6) is 11.5 Å². The summed E-state index contributed by atoms with van der Waals surface area (Å²) in [5.41, 5.74) is 2.60. The zero-order valence-electron chi connectivity index (χ0n) is 16.9. The van der Waals surface area contributed by atoms with Crippen molar-refractivity contribution in [2.45, 2.75) is 9.79 Å². The lowest BCUT2D eigenvalue weighted by Crippen LogP contribution is -2.00. The van der Waals surface area contributed by atoms with E-state index in [1.54, 1.807) is 43.2 Å². The molecular formula is C23H19N3O4S. The maximum atomic E-state index is 11.1. The number of ether oxygens (including phenoxy) is 2. The Balaban J connectivity index is 1.67. The van der Waals surface area contributed by atoms with Crippen LogP contribution in [0.3, 0.4) is 0 Å². The Morgan fingerprint density at radius 1 is 0.968 bits per heavy atom. The molecule has 3 aromatic carbocycles. The second kappa shape index (κ2) is 8.93. The van der Waals surface area contributed by atoms with Gasteiger partial charge in [0.2, 0.25) is 0 Å². The Hall–Kier alpha value is -3.78. The number of aromatic nitrogens is 3. The second-order valence-corrected chi connectivity index (χ2v) is 7.60. The van der Waals surface area contributed by atoms with Crippen molar-refractivity contribution in [3.63, 3.8) is 0 Å². The molecule has 1 aromatic heterocycles. The van der Waals surface area contributed by atoms with Crippen LogP contribution >= 0.6 is 11.8 Å². The summed E-state index contributed by atoms with van der Waals surface area (Å²) in [7, 11) is 3.17. The third-order valence-electron chi connectivity index (χ3n) is 4.61.